The van der Waals surface area contributed by atoms with Crippen molar-refractivity contribution in [3.05, 3.63) is 95.4 Å². The maximum Gasteiger partial charge on any atom is 0.274 e. The summed E-state index contributed by atoms with van der Waals surface area (Å²) >= 11 is 0. The van der Waals surface area contributed by atoms with Gasteiger partial charge in [0.25, 0.3) is 11.8 Å². The van der Waals surface area contributed by atoms with Crippen LogP contribution in [0, 0.1) is 13.8 Å². The number of pyridine rings is 2. The summed E-state index contributed by atoms with van der Waals surface area (Å²) in [5.41, 5.74) is 17.5. The van der Waals surface area contributed by atoms with E-state index in [1.807, 2.05) is 38.1 Å². The number of hydrogen-bond donors (Lipinski definition) is 4. The Hall–Kier alpha value is -4.98. The molecule has 8 nitrogen and oxygen atoms in total. The standard InChI is InChI=1S/C28H24N6O2/c1-15-10-17-6-7-18(13-20(17)22(29)11-15)32-27(35)25-4-3-5-26(34-25)28(36)33-19-8-9-24-21(14-19)23(30)12-16(2)31-24/h3-14H,29H2,1-2H3,(H2,30,31)(H,32,35)(H,33,36). The van der Waals surface area contributed by atoms with Crippen LogP contribution in [-0.2, 0) is 0 Å². The number of nitrogens with two attached hydrogens (primary N) is 2. The zero-order valence-electron chi connectivity index (χ0n) is 19.8. The number of nitrogen functional groups attached to an aromatic ring is 2. The molecule has 5 aromatic rings. The fraction of sp³-hybridized carbons (Fsp3) is 0.0714. The number of aryl methyl sites for hydroxylation is 2. The molecule has 0 fully saturated rings. The molecule has 0 bridgehead atoms. The van der Waals surface area contributed by atoms with Gasteiger partial charge in [-0.25, -0.2) is 4.98 Å². The Morgan fingerprint density at radius 1 is 0.694 bits per heavy atom. The first-order valence-electron chi connectivity index (χ1n) is 11.3. The van der Waals surface area contributed by atoms with E-state index in [0.29, 0.717) is 22.7 Å². The van der Waals surface area contributed by atoms with Gasteiger partial charge in [0, 0.05) is 39.2 Å². The molecule has 0 saturated carbocycles. The Kier molecular flexibility index (Phi) is 5.69. The van der Waals surface area contributed by atoms with Crippen molar-refractivity contribution in [2.75, 3.05) is 22.1 Å². The van der Waals surface area contributed by atoms with Crippen molar-refractivity contribution in [3.63, 3.8) is 0 Å². The van der Waals surface area contributed by atoms with Crippen LogP contribution in [0.2, 0.25) is 0 Å². The van der Waals surface area contributed by atoms with E-state index >= 15 is 0 Å². The molecule has 0 radical (unpaired) electrons. The van der Waals surface area contributed by atoms with E-state index in [1.54, 1.807) is 48.5 Å². The van der Waals surface area contributed by atoms with Crippen LogP contribution in [0.5, 0.6) is 0 Å². The maximum absolute atomic E-state index is 12.9. The highest BCUT2D eigenvalue weighted by Gasteiger charge is 2.14. The second-order valence-corrected chi connectivity index (χ2v) is 8.69. The molecular formula is C28H24N6O2. The van der Waals surface area contributed by atoms with Gasteiger partial charge < -0.3 is 22.1 Å². The zero-order valence-corrected chi connectivity index (χ0v) is 19.8. The minimum atomic E-state index is -0.448. The van der Waals surface area contributed by atoms with Crippen molar-refractivity contribution in [3.8, 4) is 0 Å². The fourth-order valence-corrected chi connectivity index (χ4v) is 4.17. The second-order valence-electron chi connectivity index (χ2n) is 8.69. The monoisotopic (exact) mass is 476 g/mol. The summed E-state index contributed by atoms with van der Waals surface area (Å²) in [6.45, 7) is 3.85. The number of amides is 2. The molecule has 6 N–H and O–H groups in total. The topological polar surface area (TPSA) is 136 Å². The van der Waals surface area contributed by atoms with Gasteiger partial charge in [0.1, 0.15) is 11.4 Å². The number of carbonyl (C=O) groups excluding carboxylic acids is 2. The third-order valence-corrected chi connectivity index (χ3v) is 5.83. The van der Waals surface area contributed by atoms with E-state index in [9.17, 15) is 9.59 Å². The van der Waals surface area contributed by atoms with Gasteiger partial charge in [0.2, 0.25) is 0 Å². The van der Waals surface area contributed by atoms with Gasteiger partial charge in [-0.2, -0.15) is 0 Å². The average Bonchev–Trinajstić information content (AvgIpc) is 2.84. The smallest absolute Gasteiger partial charge is 0.274 e. The van der Waals surface area contributed by atoms with Crippen molar-refractivity contribution >= 4 is 56.2 Å². The van der Waals surface area contributed by atoms with Gasteiger partial charge >= 0.3 is 0 Å². The number of benzene rings is 3. The van der Waals surface area contributed by atoms with Crippen molar-refractivity contribution in [2.24, 2.45) is 0 Å². The molecule has 2 heterocycles. The number of nitrogens with zero attached hydrogens (tertiary/aromatic N) is 2. The van der Waals surface area contributed by atoms with Crippen LogP contribution in [0.1, 0.15) is 32.2 Å². The van der Waals surface area contributed by atoms with Crippen molar-refractivity contribution in [1.82, 2.24) is 9.97 Å². The highest BCUT2D eigenvalue weighted by Crippen LogP contribution is 2.27. The minimum Gasteiger partial charge on any atom is -0.398 e. The Balaban J connectivity index is 1.34. The third-order valence-electron chi connectivity index (χ3n) is 5.83. The Bertz CT molecular complexity index is 1560. The average molecular weight is 477 g/mol. The van der Waals surface area contributed by atoms with Gasteiger partial charge in [-0.1, -0.05) is 18.2 Å². The van der Waals surface area contributed by atoms with Gasteiger partial charge in [-0.05, 0) is 79.4 Å². The largest absolute Gasteiger partial charge is 0.398 e. The lowest BCUT2D eigenvalue weighted by Gasteiger charge is -2.10. The van der Waals surface area contributed by atoms with E-state index in [4.69, 9.17) is 11.5 Å². The van der Waals surface area contributed by atoms with Crippen LogP contribution in [-0.4, -0.2) is 21.8 Å². The lowest BCUT2D eigenvalue weighted by molar-refractivity contribution is 0.101. The fourth-order valence-electron chi connectivity index (χ4n) is 4.17. The van der Waals surface area contributed by atoms with E-state index in [-0.39, 0.29) is 11.4 Å². The highest BCUT2D eigenvalue weighted by atomic mass is 16.2. The summed E-state index contributed by atoms with van der Waals surface area (Å²) in [5.74, 6) is -0.883. The molecule has 36 heavy (non-hydrogen) atoms. The first-order valence-corrected chi connectivity index (χ1v) is 11.3. The summed E-state index contributed by atoms with van der Waals surface area (Å²) in [6, 6.07) is 21.2. The van der Waals surface area contributed by atoms with Crippen molar-refractivity contribution in [2.45, 2.75) is 13.8 Å². The zero-order chi connectivity index (χ0) is 25.4. The summed E-state index contributed by atoms with van der Waals surface area (Å²) in [6.07, 6.45) is 0. The number of carbonyl (C=O) groups is 2. The maximum atomic E-state index is 12.9. The Morgan fingerprint density at radius 2 is 1.31 bits per heavy atom. The van der Waals surface area contributed by atoms with Crippen LogP contribution in [0.3, 0.4) is 0 Å². The number of fused-ring (bicyclic) bond motifs is 2. The molecule has 0 aliphatic heterocycles. The summed E-state index contributed by atoms with van der Waals surface area (Å²) in [7, 11) is 0. The lowest BCUT2D eigenvalue weighted by atomic mass is 10.0. The third kappa shape index (κ3) is 4.52. The van der Waals surface area contributed by atoms with Gasteiger partial charge in [-0.3, -0.25) is 14.6 Å². The van der Waals surface area contributed by atoms with Crippen LogP contribution in [0.4, 0.5) is 22.7 Å². The van der Waals surface area contributed by atoms with E-state index in [1.165, 1.54) is 0 Å². The van der Waals surface area contributed by atoms with E-state index in [2.05, 4.69) is 20.6 Å². The van der Waals surface area contributed by atoms with Crippen LogP contribution >= 0.6 is 0 Å². The van der Waals surface area contributed by atoms with Gasteiger partial charge in [0.15, 0.2) is 0 Å². The molecule has 0 unspecified atom stereocenters. The summed E-state index contributed by atoms with van der Waals surface area (Å²) in [4.78, 5) is 34.5. The lowest BCUT2D eigenvalue weighted by Crippen LogP contribution is -2.18. The van der Waals surface area contributed by atoms with Gasteiger partial charge in [0.05, 0.1) is 5.52 Å². The predicted molar refractivity (Wildman–Crippen MR) is 144 cm³/mol. The number of hydrogen-bond acceptors (Lipinski definition) is 6. The summed E-state index contributed by atoms with van der Waals surface area (Å²) < 4.78 is 0. The highest BCUT2D eigenvalue weighted by molar-refractivity contribution is 6.08. The molecule has 2 amide bonds. The normalized spacial score (nSPS) is 10.9. The molecule has 0 spiro atoms. The molecule has 3 aromatic carbocycles. The quantitative estimate of drug-likeness (QED) is 0.267. The molecule has 5 rings (SSSR count). The van der Waals surface area contributed by atoms with Crippen LogP contribution in [0.25, 0.3) is 21.7 Å². The number of nitrogens with one attached hydrogen (secondary N) is 2. The first-order chi connectivity index (χ1) is 17.3. The van der Waals surface area contributed by atoms with Crippen LogP contribution < -0.4 is 22.1 Å². The second kappa shape index (κ2) is 8.99. The van der Waals surface area contributed by atoms with Crippen molar-refractivity contribution in [1.29, 1.82) is 0 Å². The molecule has 2 aromatic heterocycles. The number of aromatic nitrogens is 2. The molecule has 0 atom stereocenters. The molecular weight excluding hydrogens is 452 g/mol. The number of rotatable bonds is 4. The first kappa shape index (κ1) is 22.8. The Labute approximate surface area is 207 Å². The molecule has 0 aliphatic rings. The predicted octanol–water partition coefficient (Wildman–Crippen LogP) is 5.07. The molecule has 8 heteroatoms. The van der Waals surface area contributed by atoms with Crippen LogP contribution in [0.15, 0.2) is 72.8 Å². The van der Waals surface area contributed by atoms with E-state index < -0.39 is 11.8 Å². The SMILES string of the molecule is Cc1cc(N)c2cc(NC(=O)c3cccc(C(=O)Nc4ccc5nc(C)cc(N)c5c4)n3)ccc2c1. The molecule has 0 saturated heterocycles. The van der Waals surface area contributed by atoms with Gasteiger partial charge in [-0.15, -0.1) is 0 Å². The Morgan fingerprint density at radius 3 is 2.00 bits per heavy atom. The molecule has 178 valence electrons. The minimum absolute atomic E-state index is 0.107. The molecule has 0 aliphatic carbocycles. The van der Waals surface area contributed by atoms with Crippen molar-refractivity contribution < 1.29 is 9.59 Å². The number of anilines is 4. The summed E-state index contributed by atoms with van der Waals surface area (Å²) in [5, 5.41) is 8.22. The van der Waals surface area contributed by atoms with E-state index in [0.717, 1.165) is 32.9 Å².